The van der Waals surface area contributed by atoms with E-state index in [9.17, 15) is 14.9 Å². The monoisotopic (exact) mass is 500 g/mol. The van der Waals surface area contributed by atoms with Gasteiger partial charge in [0.1, 0.15) is 12.4 Å². The number of nitrogens with two attached hydrogens (primary N) is 1. The van der Waals surface area contributed by atoms with E-state index in [4.69, 9.17) is 15.2 Å². The molecule has 0 unspecified atom stereocenters. The number of nitrogen functional groups attached to an aromatic ring is 1. The number of hydrogen-bond donors (Lipinski definition) is 1. The van der Waals surface area contributed by atoms with Gasteiger partial charge in [-0.25, -0.2) is 9.97 Å². The van der Waals surface area contributed by atoms with E-state index in [-0.39, 0.29) is 37.2 Å². The molecule has 2 aliphatic rings. The van der Waals surface area contributed by atoms with E-state index in [0.29, 0.717) is 0 Å². The Morgan fingerprint density at radius 3 is 2.50 bits per heavy atom. The van der Waals surface area contributed by atoms with Crippen LogP contribution in [-0.4, -0.2) is 65.2 Å². The number of rotatable bonds is 9. The van der Waals surface area contributed by atoms with Gasteiger partial charge in [0, 0.05) is 26.3 Å². The van der Waals surface area contributed by atoms with Crippen LogP contribution in [-0.2, 0) is 27.4 Å². The lowest BCUT2D eigenvalue weighted by atomic mass is 10.1. The number of aromatic nitrogens is 2. The van der Waals surface area contributed by atoms with E-state index in [2.05, 4.69) is 27.0 Å². The van der Waals surface area contributed by atoms with Gasteiger partial charge >= 0.3 is 11.7 Å². The highest BCUT2D eigenvalue weighted by Gasteiger charge is 2.28. The van der Waals surface area contributed by atoms with Crippen molar-refractivity contribution in [1.29, 1.82) is 0 Å². The van der Waals surface area contributed by atoms with E-state index in [1.807, 2.05) is 12.1 Å². The summed E-state index contributed by atoms with van der Waals surface area (Å²) in [6.45, 7) is 8.60. The van der Waals surface area contributed by atoms with Crippen molar-refractivity contribution in [2.75, 3.05) is 50.1 Å². The van der Waals surface area contributed by atoms with Gasteiger partial charge in [0.15, 0.2) is 0 Å². The minimum absolute atomic E-state index is 0.00741. The van der Waals surface area contributed by atoms with Crippen LogP contribution in [0.25, 0.3) is 0 Å². The molecule has 0 amide bonds. The van der Waals surface area contributed by atoms with Crippen LogP contribution in [0.3, 0.4) is 0 Å². The third-order valence-corrected chi connectivity index (χ3v) is 5.91. The molecule has 11 heteroatoms. The van der Waals surface area contributed by atoms with Gasteiger partial charge in [-0.3, -0.25) is 19.8 Å². The number of carbonyl (C=O) groups excluding carboxylic acids is 1. The minimum Gasteiger partial charge on any atom is -0.465 e. The molecule has 0 atom stereocenters. The van der Waals surface area contributed by atoms with E-state index in [1.165, 1.54) is 30.6 Å². The van der Waals surface area contributed by atoms with Crippen molar-refractivity contribution in [3.05, 3.63) is 51.3 Å². The van der Waals surface area contributed by atoms with Crippen molar-refractivity contribution in [3.63, 3.8) is 0 Å². The maximum absolute atomic E-state index is 12.3. The number of nitrogens with zero attached hydrogens (tertiary/aromatic N) is 5. The molecule has 0 bridgehead atoms. The summed E-state index contributed by atoms with van der Waals surface area (Å²) < 4.78 is 10.0. The zero-order valence-corrected chi connectivity index (χ0v) is 21.1. The molecule has 4 rings (SSSR count). The smallest absolute Gasteiger partial charge is 0.353 e. The SMILES string of the molecule is C1CCOC1.CCOC(=O)CN(Cc1cccc(CN2CCCC2)c1)c1nc(C)nc(N)c1[N+](=O)[O-]. The third kappa shape index (κ3) is 8.13. The number of ether oxygens (including phenoxy) is 2. The van der Waals surface area contributed by atoms with E-state index in [0.717, 1.165) is 44.0 Å². The summed E-state index contributed by atoms with van der Waals surface area (Å²) in [6, 6.07) is 8.00. The maximum Gasteiger partial charge on any atom is 0.353 e. The van der Waals surface area contributed by atoms with Crippen LogP contribution in [0.4, 0.5) is 17.3 Å². The largest absolute Gasteiger partial charge is 0.465 e. The molecule has 2 aromatic rings. The Bertz CT molecular complexity index is 1020. The zero-order chi connectivity index (χ0) is 25.9. The van der Waals surface area contributed by atoms with Crippen LogP contribution in [0, 0.1) is 17.0 Å². The molecule has 2 aliphatic heterocycles. The molecule has 0 radical (unpaired) electrons. The third-order valence-electron chi connectivity index (χ3n) is 5.91. The fourth-order valence-corrected chi connectivity index (χ4v) is 4.29. The lowest BCUT2D eigenvalue weighted by Crippen LogP contribution is -2.32. The fourth-order valence-electron chi connectivity index (χ4n) is 4.29. The molecule has 0 aliphatic carbocycles. The van der Waals surface area contributed by atoms with Crippen LogP contribution in [0.5, 0.6) is 0 Å². The average Bonchev–Trinajstić information content (AvgIpc) is 3.55. The van der Waals surface area contributed by atoms with Gasteiger partial charge in [0.05, 0.1) is 11.5 Å². The normalized spacial score (nSPS) is 15.3. The first-order valence-electron chi connectivity index (χ1n) is 12.4. The van der Waals surface area contributed by atoms with Gasteiger partial charge in [0.25, 0.3) is 0 Å². The predicted molar refractivity (Wildman–Crippen MR) is 137 cm³/mol. The van der Waals surface area contributed by atoms with Gasteiger partial charge in [-0.15, -0.1) is 0 Å². The standard InChI is InChI=1S/C21H28N6O4.C4H8O/c1-3-31-18(28)14-26(21-19(27(29)30)20(22)23-15(2)24-21)13-17-8-6-7-16(11-17)12-25-9-4-5-10-25;1-2-4-5-3-1/h6-8,11H,3-5,9-10,12-14H2,1-2H3,(H2,22,23,24);1-4H2. The molecule has 2 N–H and O–H groups in total. The van der Waals surface area contributed by atoms with Crippen LogP contribution in [0.15, 0.2) is 24.3 Å². The number of likely N-dealkylation sites (tertiary alicyclic amines) is 1. The Morgan fingerprint density at radius 1 is 1.19 bits per heavy atom. The number of hydrogen-bond acceptors (Lipinski definition) is 10. The molecule has 3 heterocycles. The summed E-state index contributed by atoms with van der Waals surface area (Å²) in [5, 5.41) is 11.7. The van der Waals surface area contributed by atoms with Gasteiger partial charge < -0.3 is 20.1 Å². The summed E-state index contributed by atoms with van der Waals surface area (Å²) in [6.07, 6.45) is 4.98. The fraction of sp³-hybridized carbons (Fsp3) is 0.560. The van der Waals surface area contributed by atoms with Gasteiger partial charge in [0.2, 0.25) is 11.6 Å². The van der Waals surface area contributed by atoms with Crippen molar-refractivity contribution < 1.29 is 19.2 Å². The quantitative estimate of drug-likeness (QED) is 0.310. The van der Waals surface area contributed by atoms with Crippen molar-refractivity contribution in [1.82, 2.24) is 14.9 Å². The lowest BCUT2D eigenvalue weighted by Gasteiger charge is -2.23. The molecular weight excluding hydrogens is 464 g/mol. The second-order valence-corrected chi connectivity index (χ2v) is 8.87. The second-order valence-electron chi connectivity index (χ2n) is 8.87. The Morgan fingerprint density at radius 2 is 1.89 bits per heavy atom. The first-order valence-corrected chi connectivity index (χ1v) is 12.4. The van der Waals surface area contributed by atoms with Crippen molar-refractivity contribution in [2.45, 2.75) is 52.6 Å². The summed E-state index contributed by atoms with van der Waals surface area (Å²) in [5.41, 5.74) is 7.47. The number of benzene rings is 1. The average molecular weight is 501 g/mol. The summed E-state index contributed by atoms with van der Waals surface area (Å²) >= 11 is 0. The lowest BCUT2D eigenvalue weighted by molar-refractivity contribution is -0.383. The molecule has 2 saturated heterocycles. The Hall–Kier alpha value is -3.31. The van der Waals surface area contributed by atoms with E-state index in [1.54, 1.807) is 13.8 Å². The summed E-state index contributed by atoms with van der Waals surface area (Å²) in [4.78, 5) is 35.4. The van der Waals surface area contributed by atoms with Crippen LogP contribution in [0.1, 0.15) is 49.6 Å². The summed E-state index contributed by atoms with van der Waals surface area (Å²) in [7, 11) is 0. The second kappa shape index (κ2) is 13.7. The highest BCUT2D eigenvalue weighted by molar-refractivity contribution is 5.78. The van der Waals surface area contributed by atoms with E-state index < -0.39 is 16.6 Å². The minimum atomic E-state index is -0.619. The van der Waals surface area contributed by atoms with Gasteiger partial charge in [-0.2, -0.15) is 0 Å². The highest BCUT2D eigenvalue weighted by Crippen LogP contribution is 2.32. The van der Waals surface area contributed by atoms with Crippen LogP contribution >= 0.6 is 0 Å². The molecule has 1 aromatic heterocycles. The van der Waals surface area contributed by atoms with Crippen molar-refractivity contribution >= 4 is 23.3 Å². The van der Waals surface area contributed by atoms with Crippen molar-refractivity contribution in [3.8, 4) is 0 Å². The maximum atomic E-state index is 12.3. The van der Waals surface area contributed by atoms with Crippen molar-refractivity contribution in [2.24, 2.45) is 0 Å². The molecule has 1 aromatic carbocycles. The Kier molecular flexibility index (Phi) is 10.4. The number of nitro groups is 1. The molecule has 11 nitrogen and oxygen atoms in total. The summed E-state index contributed by atoms with van der Waals surface area (Å²) in [5.74, 6) is -0.438. The van der Waals surface area contributed by atoms with Gasteiger partial charge in [-0.05, 0) is 63.7 Å². The molecule has 0 spiro atoms. The Labute approximate surface area is 211 Å². The van der Waals surface area contributed by atoms with E-state index >= 15 is 0 Å². The molecule has 196 valence electrons. The first-order chi connectivity index (χ1) is 17.4. The number of aryl methyl sites for hydroxylation is 1. The molecule has 2 fully saturated rings. The van der Waals surface area contributed by atoms with Crippen LogP contribution < -0.4 is 10.6 Å². The van der Waals surface area contributed by atoms with Crippen LogP contribution in [0.2, 0.25) is 0 Å². The molecule has 0 saturated carbocycles. The highest BCUT2D eigenvalue weighted by atomic mass is 16.6. The first kappa shape index (κ1) is 27.3. The number of esters is 1. The number of anilines is 2. The molecule has 36 heavy (non-hydrogen) atoms. The topological polar surface area (TPSA) is 137 Å². The Balaban J connectivity index is 0.000000642. The zero-order valence-electron chi connectivity index (χ0n) is 21.1. The molecular formula is C25H36N6O5. The number of carbonyl (C=O) groups is 1. The predicted octanol–water partition coefficient (Wildman–Crippen LogP) is 3.24. The van der Waals surface area contributed by atoms with Gasteiger partial charge in [-0.1, -0.05) is 24.3 Å².